The summed E-state index contributed by atoms with van der Waals surface area (Å²) in [6.07, 6.45) is -2.28. The average molecular weight is 493 g/mol. The van der Waals surface area contributed by atoms with E-state index in [1.54, 1.807) is 13.1 Å². The van der Waals surface area contributed by atoms with E-state index in [0.717, 1.165) is 35.0 Å². The molecule has 0 bridgehead atoms. The number of aliphatic hydroxyl groups excluding tert-OH is 1. The first-order valence-electron chi connectivity index (χ1n) is 10.9. The lowest BCUT2D eigenvalue weighted by Crippen LogP contribution is -2.39. The molecule has 2 aromatic heterocycles. The van der Waals surface area contributed by atoms with E-state index < -0.39 is 18.2 Å². The van der Waals surface area contributed by atoms with Crippen LogP contribution in [0.1, 0.15) is 59.2 Å². The molecule has 0 aliphatic carbocycles. The fraction of sp³-hybridized carbons (Fsp3) is 0.435. The molecule has 1 saturated heterocycles. The Morgan fingerprint density at radius 2 is 1.80 bits per heavy atom. The first-order valence-corrected chi connectivity index (χ1v) is 10.9. The van der Waals surface area contributed by atoms with Gasteiger partial charge >= 0.3 is 12.1 Å². The van der Waals surface area contributed by atoms with Gasteiger partial charge in [0, 0.05) is 18.5 Å². The molecule has 1 amide bonds. The van der Waals surface area contributed by atoms with Crippen molar-refractivity contribution in [3.8, 4) is 0 Å². The van der Waals surface area contributed by atoms with E-state index in [1.165, 1.54) is 0 Å². The predicted octanol–water partition coefficient (Wildman–Crippen LogP) is 3.61. The lowest BCUT2D eigenvalue weighted by molar-refractivity contribution is -0.192. The van der Waals surface area contributed by atoms with Crippen LogP contribution >= 0.6 is 0 Å². The monoisotopic (exact) mass is 493 g/mol. The first-order chi connectivity index (χ1) is 16.4. The summed E-state index contributed by atoms with van der Waals surface area (Å²) in [5.74, 6) is -2.72. The van der Waals surface area contributed by atoms with E-state index in [2.05, 4.69) is 15.3 Å². The zero-order valence-corrected chi connectivity index (χ0v) is 19.5. The maximum Gasteiger partial charge on any atom is 0.490 e. The normalized spacial score (nSPS) is 15.5. The van der Waals surface area contributed by atoms with Gasteiger partial charge in [-0.25, -0.2) is 9.48 Å². The van der Waals surface area contributed by atoms with Gasteiger partial charge in [0.25, 0.3) is 5.91 Å². The molecule has 1 atom stereocenters. The molecule has 188 valence electrons. The fourth-order valence-electron chi connectivity index (χ4n) is 3.82. The summed E-state index contributed by atoms with van der Waals surface area (Å²) in [7, 11) is 0. The zero-order valence-electron chi connectivity index (χ0n) is 19.5. The second-order valence-electron chi connectivity index (χ2n) is 8.39. The van der Waals surface area contributed by atoms with Crippen molar-refractivity contribution in [2.75, 3.05) is 13.1 Å². The molecule has 2 N–H and O–H groups in total. The van der Waals surface area contributed by atoms with Crippen molar-refractivity contribution < 1.29 is 33.0 Å². The smallest absolute Gasteiger partial charge is 0.475 e. The SMILES string of the molecule is Cc1nc2c(C)cccc2cc1C(=O)N1CCC(n2cc(C(C)O)nn2)CC1.O=C(O)C(F)(F)F. The number of nitrogens with zero attached hydrogens (tertiary/aromatic N) is 5. The van der Waals surface area contributed by atoms with E-state index in [9.17, 15) is 23.1 Å². The van der Waals surface area contributed by atoms with Crippen molar-refractivity contribution in [3.63, 3.8) is 0 Å². The van der Waals surface area contributed by atoms with Crippen LogP contribution < -0.4 is 0 Å². The fourth-order valence-corrected chi connectivity index (χ4v) is 3.82. The summed E-state index contributed by atoms with van der Waals surface area (Å²) in [5, 5.41) is 25.9. The standard InChI is InChI=1S/C21H25N5O2.C2HF3O2/c1-13-5-4-6-16-11-18(14(2)22-20(13)16)21(28)25-9-7-17(8-10-25)26-12-19(15(3)27)23-24-26;3-2(4,5)1(6)7/h4-6,11-12,15,17,27H,7-10H2,1-3H3;(H,6,7). The van der Waals surface area contributed by atoms with Crippen LogP contribution in [0.15, 0.2) is 30.5 Å². The van der Waals surface area contributed by atoms with Gasteiger partial charge in [0.15, 0.2) is 0 Å². The van der Waals surface area contributed by atoms with Gasteiger partial charge in [0.1, 0.15) is 5.69 Å². The topological polar surface area (TPSA) is 121 Å². The van der Waals surface area contributed by atoms with Crippen molar-refractivity contribution in [1.29, 1.82) is 0 Å². The van der Waals surface area contributed by atoms with Gasteiger partial charge in [-0.15, -0.1) is 5.10 Å². The highest BCUT2D eigenvalue weighted by atomic mass is 19.4. The number of fused-ring (bicyclic) bond motifs is 1. The molecule has 1 aliphatic rings. The molecule has 35 heavy (non-hydrogen) atoms. The number of benzene rings is 1. The van der Waals surface area contributed by atoms with Crippen molar-refractivity contribution in [3.05, 3.63) is 53.0 Å². The van der Waals surface area contributed by atoms with Crippen LogP contribution in [0.2, 0.25) is 0 Å². The number of hydrogen-bond donors (Lipinski definition) is 2. The number of aryl methyl sites for hydroxylation is 2. The molecule has 1 aromatic carbocycles. The molecule has 0 saturated carbocycles. The summed E-state index contributed by atoms with van der Waals surface area (Å²) in [4.78, 5) is 28.6. The van der Waals surface area contributed by atoms with Crippen LogP contribution in [0, 0.1) is 13.8 Å². The minimum absolute atomic E-state index is 0.0371. The van der Waals surface area contributed by atoms with Crippen LogP contribution in [-0.4, -0.2) is 66.2 Å². The predicted molar refractivity (Wildman–Crippen MR) is 120 cm³/mol. The van der Waals surface area contributed by atoms with Gasteiger partial charge in [0.2, 0.25) is 0 Å². The Morgan fingerprint density at radius 3 is 2.34 bits per heavy atom. The minimum atomic E-state index is -5.08. The number of aromatic nitrogens is 4. The number of piperidine rings is 1. The number of halogens is 3. The molecule has 1 aliphatic heterocycles. The van der Waals surface area contributed by atoms with Gasteiger partial charge in [-0.3, -0.25) is 9.78 Å². The third-order valence-electron chi connectivity index (χ3n) is 5.79. The van der Waals surface area contributed by atoms with Crippen molar-refractivity contribution in [2.24, 2.45) is 0 Å². The van der Waals surface area contributed by atoms with Crippen molar-refractivity contribution in [2.45, 2.75) is 51.9 Å². The van der Waals surface area contributed by atoms with Crippen molar-refractivity contribution >= 4 is 22.8 Å². The number of carboxylic acid groups (broad SMARTS) is 1. The maximum absolute atomic E-state index is 13.1. The number of carbonyl (C=O) groups excluding carboxylic acids is 1. The number of aliphatic carboxylic acids is 1. The number of amides is 1. The summed E-state index contributed by atoms with van der Waals surface area (Å²) in [6, 6.07) is 8.19. The van der Waals surface area contributed by atoms with E-state index in [-0.39, 0.29) is 11.9 Å². The van der Waals surface area contributed by atoms with E-state index in [1.807, 2.05) is 47.7 Å². The van der Waals surface area contributed by atoms with Crippen LogP contribution in [0.4, 0.5) is 13.2 Å². The summed E-state index contributed by atoms with van der Waals surface area (Å²) >= 11 is 0. The number of alkyl halides is 3. The second kappa shape index (κ2) is 10.4. The van der Waals surface area contributed by atoms with Gasteiger partial charge in [0.05, 0.1) is 35.1 Å². The van der Waals surface area contributed by atoms with Gasteiger partial charge in [-0.05, 0) is 45.2 Å². The van der Waals surface area contributed by atoms with E-state index in [0.29, 0.717) is 24.3 Å². The molecule has 12 heteroatoms. The number of likely N-dealkylation sites (tertiary alicyclic amines) is 1. The second-order valence-corrected chi connectivity index (χ2v) is 8.39. The summed E-state index contributed by atoms with van der Waals surface area (Å²) < 4.78 is 33.6. The molecular formula is C23H26F3N5O4. The molecule has 1 fully saturated rings. The van der Waals surface area contributed by atoms with Crippen molar-refractivity contribution in [1.82, 2.24) is 24.9 Å². The molecule has 0 radical (unpaired) electrons. The summed E-state index contributed by atoms with van der Waals surface area (Å²) in [5.41, 5.74) is 4.09. The maximum atomic E-state index is 13.1. The number of aliphatic hydroxyl groups is 1. The van der Waals surface area contributed by atoms with E-state index >= 15 is 0 Å². The third-order valence-corrected chi connectivity index (χ3v) is 5.79. The third kappa shape index (κ3) is 6.13. The number of rotatable bonds is 3. The number of carbonyl (C=O) groups is 2. The Kier molecular flexibility index (Phi) is 7.73. The van der Waals surface area contributed by atoms with E-state index in [4.69, 9.17) is 9.90 Å². The van der Waals surface area contributed by atoms with Crippen LogP contribution in [-0.2, 0) is 4.79 Å². The number of pyridine rings is 1. The van der Waals surface area contributed by atoms with Gasteiger partial charge in [-0.1, -0.05) is 23.4 Å². The molecule has 3 heterocycles. The number of para-hydroxylation sites is 1. The Labute approximate surface area is 199 Å². The largest absolute Gasteiger partial charge is 0.490 e. The van der Waals surface area contributed by atoms with Crippen LogP contribution in [0.3, 0.4) is 0 Å². The number of hydrogen-bond acceptors (Lipinski definition) is 6. The zero-order chi connectivity index (χ0) is 25.9. The van der Waals surface area contributed by atoms with Gasteiger partial charge < -0.3 is 15.1 Å². The average Bonchev–Trinajstić information content (AvgIpc) is 3.30. The number of carboxylic acids is 1. The van der Waals surface area contributed by atoms with Crippen LogP contribution in [0.25, 0.3) is 10.9 Å². The quantitative estimate of drug-likeness (QED) is 0.572. The Morgan fingerprint density at radius 1 is 1.17 bits per heavy atom. The lowest BCUT2D eigenvalue weighted by atomic mass is 10.0. The minimum Gasteiger partial charge on any atom is -0.475 e. The first kappa shape index (κ1) is 26.1. The molecular weight excluding hydrogens is 467 g/mol. The summed E-state index contributed by atoms with van der Waals surface area (Å²) in [6.45, 7) is 6.95. The lowest BCUT2D eigenvalue weighted by Gasteiger charge is -2.32. The molecule has 3 aromatic rings. The molecule has 4 rings (SSSR count). The molecule has 9 nitrogen and oxygen atoms in total. The Bertz CT molecular complexity index is 1220. The van der Waals surface area contributed by atoms with Gasteiger partial charge in [-0.2, -0.15) is 13.2 Å². The molecule has 1 unspecified atom stereocenters. The highest BCUT2D eigenvalue weighted by Gasteiger charge is 2.38. The van der Waals surface area contributed by atoms with Crippen LogP contribution in [0.5, 0.6) is 0 Å². The molecule has 0 spiro atoms. The highest BCUT2D eigenvalue weighted by molar-refractivity contribution is 5.99. The Hall–Kier alpha value is -3.54. The Balaban J connectivity index is 0.000000429. The highest BCUT2D eigenvalue weighted by Crippen LogP contribution is 2.26.